The molecule has 17 heavy (non-hydrogen) atoms. The second-order valence-electron chi connectivity index (χ2n) is 4.35. The van der Waals surface area contributed by atoms with Crippen LogP contribution in [0.2, 0.25) is 0 Å². The summed E-state index contributed by atoms with van der Waals surface area (Å²) in [5.74, 6) is -0.233. The Hall–Kier alpha value is -1.10. The largest absolute Gasteiger partial charge is 0.463 e. The first-order valence-corrected chi connectivity index (χ1v) is 5.97. The molecule has 1 heterocycles. The van der Waals surface area contributed by atoms with Crippen molar-refractivity contribution in [2.45, 2.75) is 52.4 Å². The van der Waals surface area contributed by atoms with E-state index in [-0.39, 0.29) is 24.6 Å². The van der Waals surface area contributed by atoms with Crippen molar-refractivity contribution >= 4 is 11.9 Å². The van der Waals surface area contributed by atoms with E-state index in [1.807, 2.05) is 0 Å². The molecule has 0 aromatic carbocycles. The van der Waals surface area contributed by atoms with Gasteiger partial charge in [-0.05, 0) is 12.3 Å². The second kappa shape index (κ2) is 6.59. The van der Waals surface area contributed by atoms with Crippen molar-refractivity contribution < 1.29 is 23.8 Å². The maximum absolute atomic E-state index is 10.9. The number of carbonyl (C=O) groups excluding carboxylic acids is 2. The molecule has 1 saturated heterocycles. The third-order valence-corrected chi connectivity index (χ3v) is 2.81. The van der Waals surface area contributed by atoms with E-state index in [0.29, 0.717) is 12.3 Å². The first-order chi connectivity index (χ1) is 8.01. The van der Waals surface area contributed by atoms with Crippen LogP contribution in [0.15, 0.2) is 0 Å². The van der Waals surface area contributed by atoms with Gasteiger partial charge in [-0.15, -0.1) is 0 Å². The summed E-state index contributed by atoms with van der Waals surface area (Å²) in [5.41, 5.74) is 0. The Bertz CT molecular complexity index is 276. The van der Waals surface area contributed by atoms with Gasteiger partial charge in [-0.1, -0.05) is 13.3 Å². The minimum Gasteiger partial charge on any atom is -0.463 e. The molecule has 0 spiro atoms. The number of carbonyl (C=O) groups is 2. The van der Waals surface area contributed by atoms with Crippen molar-refractivity contribution in [2.75, 3.05) is 6.61 Å². The van der Waals surface area contributed by atoms with Crippen LogP contribution in [0.3, 0.4) is 0 Å². The van der Waals surface area contributed by atoms with Crippen LogP contribution < -0.4 is 0 Å². The fourth-order valence-corrected chi connectivity index (χ4v) is 1.98. The third-order valence-electron chi connectivity index (χ3n) is 2.81. The SMILES string of the molecule is CCC1CC(COC(C)=O)OC(OC(C)=O)C1. The highest BCUT2D eigenvalue weighted by atomic mass is 16.7. The zero-order valence-electron chi connectivity index (χ0n) is 10.6. The summed E-state index contributed by atoms with van der Waals surface area (Å²) in [6, 6.07) is 0. The average molecular weight is 244 g/mol. The molecule has 0 N–H and O–H groups in total. The lowest BCUT2D eigenvalue weighted by Crippen LogP contribution is -2.38. The zero-order chi connectivity index (χ0) is 12.8. The van der Waals surface area contributed by atoms with Crippen LogP contribution in [0.25, 0.3) is 0 Å². The first-order valence-electron chi connectivity index (χ1n) is 5.97. The van der Waals surface area contributed by atoms with Crippen LogP contribution in [0.1, 0.15) is 40.0 Å². The van der Waals surface area contributed by atoms with Crippen molar-refractivity contribution in [1.82, 2.24) is 0 Å². The molecule has 0 amide bonds. The molecule has 0 aromatic heterocycles. The Kier molecular flexibility index (Phi) is 5.41. The number of hydrogen-bond acceptors (Lipinski definition) is 5. The van der Waals surface area contributed by atoms with Crippen LogP contribution >= 0.6 is 0 Å². The van der Waals surface area contributed by atoms with Crippen molar-refractivity contribution in [3.8, 4) is 0 Å². The standard InChI is InChI=1S/C12H20O5/c1-4-10-5-11(7-15-8(2)13)17-12(6-10)16-9(3)14/h10-12H,4-7H2,1-3H3. The first kappa shape index (κ1) is 14.0. The maximum atomic E-state index is 10.9. The van der Waals surface area contributed by atoms with Crippen molar-refractivity contribution in [3.63, 3.8) is 0 Å². The summed E-state index contributed by atoms with van der Waals surface area (Å²) in [6.07, 6.45) is 1.86. The van der Waals surface area contributed by atoms with E-state index in [4.69, 9.17) is 14.2 Å². The van der Waals surface area contributed by atoms with Gasteiger partial charge in [0.1, 0.15) is 6.61 Å². The summed E-state index contributed by atoms with van der Waals surface area (Å²) in [4.78, 5) is 21.6. The lowest BCUT2D eigenvalue weighted by Gasteiger charge is -2.33. The van der Waals surface area contributed by atoms with Crippen molar-refractivity contribution in [2.24, 2.45) is 5.92 Å². The Morgan fingerprint density at radius 2 is 1.94 bits per heavy atom. The third kappa shape index (κ3) is 5.17. The smallest absolute Gasteiger partial charge is 0.304 e. The molecular formula is C12H20O5. The van der Waals surface area contributed by atoms with Crippen LogP contribution in [0.4, 0.5) is 0 Å². The topological polar surface area (TPSA) is 61.8 Å². The number of esters is 2. The van der Waals surface area contributed by atoms with Crippen LogP contribution in [-0.2, 0) is 23.8 Å². The van der Waals surface area contributed by atoms with E-state index < -0.39 is 6.29 Å². The van der Waals surface area contributed by atoms with Gasteiger partial charge in [0, 0.05) is 20.3 Å². The van der Waals surface area contributed by atoms with Gasteiger partial charge in [0.25, 0.3) is 0 Å². The molecule has 98 valence electrons. The monoisotopic (exact) mass is 244 g/mol. The molecule has 5 heteroatoms. The van der Waals surface area contributed by atoms with Crippen molar-refractivity contribution in [3.05, 3.63) is 0 Å². The molecule has 0 bridgehead atoms. The number of hydrogen-bond donors (Lipinski definition) is 0. The van der Waals surface area contributed by atoms with Gasteiger partial charge in [0.05, 0.1) is 6.10 Å². The molecule has 0 radical (unpaired) electrons. The highest BCUT2D eigenvalue weighted by Gasteiger charge is 2.30. The Balaban J connectivity index is 2.47. The molecule has 0 aliphatic carbocycles. The van der Waals surface area contributed by atoms with Crippen LogP contribution in [0, 0.1) is 5.92 Å². The summed E-state index contributed by atoms with van der Waals surface area (Å²) >= 11 is 0. The van der Waals surface area contributed by atoms with E-state index in [0.717, 1.165) is 12.8 Å². The van der Waals surface area contributed by atoms with Gasteiger partial charge in [0.15, 0.2) is 0 Å². The summed E-state index contributed by atoms with van der Waals surface area (Å²) in [5, 5.41) is 0. The summed E-state index contributed by atoms with van der Waals surface area (Å²) < 4.78 is 15.5. The highest BCUT2D eigenvalue weighted by molar-refractivity contribution is 5.66. The molecule has 0 saturated carbocycles. The minimum atomic E-state index is -0.508. The normalized spacial score (nSPS) is 28.5. The Morgan fingerprint density at radius 1 is 1.24 bits per heavy atom. The van der Waals surface area contributed by atoms with Gasteiger partial charge in [-0.25, -0.2) is 0 Å². The van der Waals surface area contributed by atoms with E-state index in [1.54, 1.807) is 0 Å². The van der Waals surface area contributed by atoms with Crippen molar-refractivity contribution in [1.29, 1.82) is 0 Å². The average Bonchev–Trinajstić information content (AvgIpc) is 2.25. The number of ether oxygens (including phenoxy) is 3. The molecule has 1 aliphatic rings. The highest BCUT2D eigenvalue weighted by Crippen LogP contribution is 2.28. The molecule has 5 nitrogen and oxygen atoms in total. The molecule has 1 fully saturated rings. The number of rotatable bonds is 4. The zero-order valence-corrected chi connectivity index (χ0v) is 10.6. The molecule has 0 aromatic rings. The fraction of sp³-hybridized carbons (Fsp3) is 0.833. The Labute approximate surface area is 101 Å². The van der Waals surface area contributed by atoms with Gasteiger partial charge in [0.2, 0.25) is 6.29 Å². The van der Waals surface area contributed by atoms with Gasteiger partial charge >= 0.3 is 11.9 Å². The van der Waals surface area contributed by atoms with Crippen LogP contribution in [-0.4, -0.2) is 30.9 Å². The predicted octanol–water partition coefficient (Wildman–Crippen LogP) is 1.64. The van der Waals surface area contributed by atoms with E-state index >= 15 is 0 Å². The lowest BCUT2D eigenvalue weighted by molar-refractivity contribution is -0.216. The fourth-order valence-electron chi connectivity index (χ4n) is 1.98. The maximum Gasteiger partial charge on any atom is 0.304 e. The molecule has 3 atom stereocenters. The van der Waals surface area contributed by atoms with E-state index in [9.17, 15) is 9.59 Å². The second-order valence-corrected chi connectivity index (χ2v) is 4.35. The van der Waals surface area contributed by atoms with Gasteiger partial charge < -0.3 is 14.2 Å². The summed E-state index contributed by atoms with van der Waals surface area (Å²) in [7, 11) is 0. The minimum absolute atomic E-state index is 0.179. The Morgan fingerprint density at radius 3 is 2.47 bits per heavy atom. The quantitative estimate of drug-likeness (QED) is 0.703. The van der Waals surface area contributed by atoms with E-state index in [2.05, 4.69) is 6.92 Å². The van der Waals surface area contributed by atoms with Gasteiger partial charge in [-0.2, -0.15) is 0 Å². The predicted molar refractivity (Wildman–Crippen MR) is 60.1 cm³/mol. The molecular weight excluding hydrogens is 224 g/mol. The van der Waals surface area contributed by atoms with Crippen LogP contribution in [0.5, 0.6) is 0 Å². The lowest BCUT2D eigenvalue weighted by atomic mass is 9.92. The summed E-state index contributed by atoms with van der Waals surface area (Å²) in [6.45, 7) is 5.04. The molecule has 1 aliphatic heterocycles. The van der Waals surface area contributed by atoms with E-state index in [1.165, 1.54) is 13.8 Å². The van der Waals surface area contributed by atoms with Gasteiger partial charge in [-0.3, -0.25) is 9.59 Å². The molecule has 1 rings (SSSR count). The molecule has 3 unspecified atom stereocenters.